The number of hydrogen-bond acceptors (Lipinski definition) is 5. The number of aromatic carboxylic acids is 1. The molecule has 0 amide bonds. The van der Waals surface area contributed by atoms with Crippen LogP contribution in [0.4, 0.5) is 0 Å². The van der Waals surface area contributed by atoms with Crippen LogP contribution in [0.25, 0.3) is 43.8 Å². The molecule has 2 heterocycles. The molecule has 2 aromatic heterocycles. The molecule has 2 aliphatic rings. The molecule has 2 saturated carbocycles. The fourth-order valence-corrected chi connectivity index (χ4v) is 8.21. The molecule has 0 radical (unpaired) electrons. The fraction of sp³-hybridized carbons (Fsp3) is 0.170. The lowest BCUT2D eigenvalue weighted by atomic mass is 9.93. The van der Waals surface area contributed by atoms with E-state index in [0.29, 0.717) is 41.5 Å². The predicted molar refractivity (Wildman–Crippen MR) is 235 cm³/mol. The number of ether oxygens (including phenoxy) is 1. The van der Waals surface area contributed by atoms with E-state index in [1.165, 1.54) is 58.4 Å². The molecule has 6 heteroatoms. The molecule has 10 rings (SSSR count). The Morgan fingerprint density at radius 1 is 0.542 bits per heavy atom. The van der Waals surface area contributed by atoms with Crippen molar-refractivity contribution in [3.05, 3.63) is 203 Å². The van der Waals surface area contributed by atoms with Gasteiger partial charge in [-0.2, -0.15) is 0 Å². The number of pyridine rings is 2. The minimum absolute atomic E-state index is 0.315. The summed E-state index contributed by atoms with van der Waals surface area (Å²) in [4.78, 5) is 33.6. The van der Waals surface area contributed by atoms with E-state index in [0.717, 1.165) is 46.2 Å². The SMILES string of the molecule is COC(=O)c1cc(C2CC2)cnc1Cc1cccc2c(-c3ccccc3)cccc12.O=C(O)c1cc(C2CC2)cnc1Cc1cccc2c(-c3ccccc3)cccc12. The van der Waals surface area contributed by atoms with E-state index >= 15 is 0 Å². The first kappa shape index (κ1) is 37.6. The van der Waals surface area contributed by atoms with Crippen molar-refractivity contribution in [2.75, 3.05) is 7.11 Å². The van der Waals surface area contributed by atoms with Gasteiger partial charge in [-0.15, -0.1) is 0 Å². The third kappa shape index (κ3) is 8.12. The van der Waals surface area contributed by atoms with Gasteiger partial charge in [-0.25, -0.2) is 9.59 Å². The number of carbonyl (C=O) groups excluding carboxylic acids is 1. The van der Waals surface area contributed by atoms with Gasteiger partial charge in [0.05, 0.1) is 29.6 Å². The van der Waals surface area contributed by atoms with Gasteiger partial charge >= 0.3 is 11.9 Å². The Labute approximate surface area is 344 Å². The number of esters is 1. The number of benzene rings is 6. The van der Waals surface area contributed by atoms with Crippen molar-refractivity contribution >= 4 is 33.5 Å². The van der Waals surface area contributed by atoms with Crippen molar-refractivity contribution in [1.29, 1.82) is 0 Å². The molecule has 0 saturated heterocycles. The second-order valence-corrected chi connectivity index (χ2v) is 15.6. The smallest absolute Gasteiger partial charge is 0.339 e. The van der Waals surface area contributed by atoms with Gasteiger partial charge in [0.25, 0.3) is 0 Å². The fourth-order valence-electron chi connectivity index (χ4n) is 8.21. The molecule has 0 bridgehead atoms. The van der Waals surface area contributed by atoms with Gasteiger partial charge in [-0.05, 0) is 116 Å². The lowest BCUT2D eigenvalue weighted by Crippen LogP contribution is -2.09. The maximum atomic E-state index is 12.5. The van der Waals surface area contributed by atoms with Gasteiger partial charge in [-0.1, -0.05) is 133 Å². The first-order valence-electron chi connectivity index (χ1n) is 20.4. The summed E-state index contributed by atoms with van der Waals surface area (Å²) in [6.07, 6.45) is 9.49. The Balaban J connectivity index is 0.000000152. The maximum Gasteiger partial charge on any atom is 0.339 e. The van der Waals surface area contributed by atoms with Crippen LogP contribution in [0.5, 0.6) is 0 Å². The topological polar surface area (TPSA) is 89.4 Å². The minimum Gasteiger partial charge on any atom is -0.478 e. The maximum absolute atomic E-state index is 12.5. The standard InChI is InChI=1S/C27H23NO2.C26H21NO2/c1-30-27(29)25-15-21(18-13-14-18)17-28-26(25)16-20-9-5-12-24-22(10-6-11-23(20)24)19-7-3-2-4-8-19;28-26(29)24-14-20(17-12-13-17)16-27-25(24)15-19-8-4-11-23-21(9-5-10-22(19)23)18-6-2-1-3-7-18/h2-12,15,17-18H,13-14,16H2,1H3;1-11,14,16-17H,12-13,15H2,(H,28,29). The van der Waals surface area contributed by atoms with Crippen molar-refractivity contribution in [2.24, 2.45) is 0 Å². The highest BCUT2D eigenvalue weighted by atomic mass is 16.5. The Morgan fingerprint density at radius 2 is 0.966 bits per heavy atom. The van der Waals surface area contributed by atoms with Gasteiger partial charge < -0.3 is 9.84 Å². The molecular weight excluding hydrogens is 729 g/mol. The number of fused-ring (bicyclic) bond motifs is 2. The Morgan fingerprint density at radius 3 is 1.41 bits per heavy atom. The molecule has 6 aromatic carbocycles. The third-order valence-corrected chi connectivity index (χ3v) is 11.6. The molecule has 6 nitrogen and oxygen atoms in total. The zero-order chi connectivity index (χ0) is 40.3. The van der Waals surface area contributed by atoms with Crippen molar-refractivity contribution < 1.29 is 19.4 Å². The number of aromatic nitrogens is 2. The minimum atomic E-state index is -0.903. The van der Waals surface area contributed by atoms with E-state index in [1.54, 1.807) is 0 Å². The van der Waals surface area contributed by atoms with Crippen LogP contribution in [-0.4, -0.2) is 34.1 Å². The summed E-state index contributed by atoms with van der Waals surface area (Å²) in [7, 11) is 1.43. The van der Waals surface area contributed by atoms with Gasteiger partial charge in [0.2, 0.25) is 0 Å². The van der Waals surface area contributed by atoms with Crippen LogP contribution in [0.2, 0.25) is 0 Å². The summed E-state index contributed by atoms with van der Waals surface area (Å²) < 4.78 is 5.06. The van der Waals surface area contributed by atoms with Crippen LogP contribution in [0.15, 0.2) is 158 Å². The normalized spacial score (nSPS) is 13.4. The van der Waals surface area contributed by atoms with E-state index in [2.05, 4.69) is 108 Å². The molecular formula is C53H44N2O4. The van der Waals surface area contributed by atoms with Crippen LogP contribution < -0.4 is 0 Å². The van der Waals surface area contributed by atoms with E-state index in [4.69, 9.17) is 9.72 Å². The molecule has 0 unspecified atom stereocenters. The average Bonchev–Trinajstić information content (AvgIpc) is 4.23. The van der Waals surface area contributed by atoms with Crippen LogP contribution in [0.1, 0.15) is 91.9 Å². The molecule has 2 aliphatic carbocycles. The molecule has 1 N–H and O–H groups in total. The zero-order valence-electron chi connectivity index (χ0n) is 33.0. The van der Waals surface area contributed by atoms with E-state index < -0.39 is 5.97 Å². The largest absolute Gasteiger partial charge is 0.478 e. The van der Waals surface area contributed by atoms with Gasteiger partial charge in [0, 0.05) is 25.2 Å². The number of hydrogen-bond donors (Lipinski definition) is 1. The second kappa shape index (κ2) is 16.5. The van der Waals surface area contributed by atoms with Crippen LogP contribution >= 0.6 is 0 Å². The summed E-state index contributed by atoms with van der Waals surface area (Å²) in [5, 5.41) is 14.4. The quantitative estimate of drug-likeness (QED) is 0.139. The highest BCUT2D eigenvalue weighted by Gasteiger charge is 2.27. The van der Waals surface area contributed by atoms with Crippen LogP contribution in [-0.2, 0) is 17.6 Å². The van der Waals surface area contributed by atoms with Crippen molar-refractivity contribution in [1.82, 2.24) is 9.97 Å². The van der Waals surface area contributed by atoms with E-state index in [9.17, 15) is 14.7 Å². The number of carboxylic acids is 1. The molecule has 8 aromatic rings. The molecule has 0 aliphatic heterocycles. The van der Waals surface area contributed by atoms with Gasteiger partial charge in [-0.3, -0.25) is 9.97 Å². The molecule has 2 fully saturated rings. The number of rotatable bonds is 10. The van der Waals surface area contributed by atoms with Gasteiger partial charge in [0.1, 0.15) is 0 Å². The van der Waals surface area contributed by atoms with Crippen LogP contribution in [0, 0.1) is 0 Å². The summed E-state index contributed by atoms with van der Waals surface area (Å²) in [5.41, 5.74) is 11.5. The summed E-state index contributed by atoms with van der Waals surface area (Å²) in [5.74, 6) is -0.188. The second-order valence-electron chi connectivity index (χ2n) is 15.6. The Bertz CT molecular complexity index is 2830. The van der Waals surface area contributed by atoms with Crippen molar-refractivity contribution in [3.8, 4) is 22.3 Å². The summed E-state index contributed by atoms with van der Waals surface area (Å²) in [6.45, 7) is 0. The first-order chi connectivity index (χ1) is 28.9. The highest BCUT2D eigenvalue weighted by molar-refractivity contribution is 6.00. The molecule has 0 atom stereocenters. The number of carboxylic acid groups (broad SMARTS) is 1. The number of nitrogens with zero attached hydrogens (tertiary/aromatic N) is 2. The van der Waals surface area contributed by atoms with E-state index in [1.807, 2.05) is 54.9 Å². The average molecular weight is 773 g/mol. The molecule has 59 heavy (non-hydrogen) atoms. The highest BCUT2D eigenvalue weighted by Crippen LogP contribution is 2.41. The lowest BCUT2D eigenvalue weighted by Gasteiger charge is -2.13. The Hall–Kier alpha value is -6.92. The monoisotopic (exact) mass is 772 g/mol. The lowest BCUT2D eigenvalue weighted by molar-refractivity contribution is 0.0598. The third-order valence-electron chi connectivity index (χ3n) is 11.6. The summed E-state index contributed by atoms with van der Waals surface area (Å²) >= 11 is 0. The zero-order valence-corrected chi connectivity index (χ0v) is 33.0. The molecule has 0 spiro atoms. The first-order valence-corrected chi connectivity index (χ1v) is 20.4. The van der Waals surface area contributed by atoms with Crippen molar-refractivity contribution in [2.45, 2.75) is 50.4 Å². The molecule has 290 valence electrons. The van der Waals surface area contributed by atoms with E-state index in [-0.39, 0.29) is 5.97 Å². The van der Waals surface area contributed by atoms with Gasteiger partial charge in [0.15, 0.2) is 0 Å². The number of carbonyl (C=O) groups is 2. The predicted octanol–water partition coefficient (Wildman–Crippen LogP) is 12.2. The number of methoxy groups -OCH3 is 1. The van der Waals surface area contributed by atoms with Crippen LogP contribution in [0.3, 0.4) is 0 Å². The summed E-state index contributed by atoms with van der Waals surface area (Å²) in [6, 6.07) is 49.9. The van der Waals surface area contributed by atoms with Crippen molar-refractivity contribution in [3.63, 3.8) is 0 Å². The Kier molecular flexibility index (Phi) is 10.5.